The van der Waals surface area contributed by atoms with Crippen molar-refractivity contribution in [1.82, 2.24) is 19.3 Å². The van der Waals surface area contributed by atoms with Crippen molar-refractivity contribution in [3.8, 4) is 5.69 Å². The van der Waals surface area contributed by atoms with Gasteiger partial charge in [0.2, 0.25) is 0 Å². The summed E-state index contributed by atoms with van der Waals surface area (Å²) >= 11 is 7.45. The number of ether oxygens (including phenoxy) is 1. The number of benzene rings is 1. The van der Waals surface area contributed by atoms with Crippen molar-refractivity contribution in [2.45, 2.75) is 32.0 Å². The minimum atomic E-state index is 0.0803. The third-order valence-electron chi connectivity index (χ3n) is 4.54. The highest BCUT2D eigenvalue weighted by Gasteiger charge is 2.17. The van der Waals surface area contributed by atoms with E-state index in [1.165, 1.54) is 11.8 Å². The van der Waals surface area contributed by atoms with E-state index in [0.717, 1.165) is 35.6 Å². The maximum atomic E-state index is 12.8. The SMILES string of the molecule is COCCCn1c(C)cc(C(=O)CSc2nncn2-c2cccc(Cl)c2)c1C. The van der Waals surface area contributed by atoms with Crippen LogP contribution in [0.4, 0.5) is 0 Å². The van der Waals surface area contributed by atoms with Crippen LogP contribution in [0.15, 0.2) is 41.8 Å². The number of rotatable bonds is 9. The lowest BCUT2D eigenvalue weighted by Crippen LogP contribution is -2.08. The van der Waals surface area contributed by atoms with E-state index < -0.39 is 0 Å². The summed E-state index contributed by atoms with van der Waals surface area (Å²) in [5, 5.41) is 9.42. The first-order valence-electron chi connectivity index (χ1n) is 8.99. The zero-order valence-corrected chi connectivity index (χ0v) is 17.8. The van der Waals surface area contributed by atoms with Crippen LogP contribution in [0.1, 0.15) is 28.2 Å². The molecule has 0 N–H and O–H groups in total. The minimum Gasteiger partial charge on any atom is -0.385 e. The first-order valence-corrected chi connectivity index (χ1v) is 10.3. The molecule has 0 atom stereocenters. The van der Waals surface area contributed by atoms with Gasteiger partial charge >= 0.3 is 0 Å². The number of carbonyl (C=O) groups excluding carboxylic acids is 1. The average molecular weight is 419 g/mol. The first kappa shape index (κ1) is 20.6. The van der Waals surface area contributed by atoms with Gasteiger partial charge in [-0.25, -0.2) is 0 Å². The van der Waals surface area contributed by atoms with Gasteiger partial charge in [-0.05, 0) is 44.5 Å². The van der Waals surface area contributed by atoms with Gasteiger partial charge in [0.05, 0.1) is 11.4 Å². The molecule has 0 amide bonds. The molecule has 28 heavy (non-hydrogen) atoms. The topological polar surface area (TPSA) is 61.9 Å². The van der Waals surface area contributed by atoms with Crippen LogP contribution >= 0.6 is 23.4 Å². The van der Waals surface area contributed by atoms with Crippen LogP contribution < -0.4 is 0 Å². The summed E-state index contributed by atoms with van der Waals surface area (Å²) in [5.74, 6) is 0.374. The Kier molecular flexibility index (Phi) is 6.93. The van der Waals surface area contributed by atoms with Crippen LogP contribution in [0.2, 0.25) is 5.02 Å². The smallest absolute Gasteiger partial charge is 0.196 e. The fraction of sp³-hybridized carbons (Fsp3) is 0.350. The third kappa shape index (κ3) is 4.66. The van der Waals surface area contributed by atoms with Gasteiger partial charge in [-0.1, -0.05) is 29.4 Å². The Morgan fingerprint density at radius 1 is 1.29 bits per heavy atom. The highest BCUT2D eigenvalue weighted by molar-refractivity contribution is 7.99. The monoisotopic (exact) mass is 418 g/mol. The fourth-order valence-corrected chi connectivity index (χ4v) is 4.12. The number of nitrogens with zero attached hydrogens (tertiary/aromatic N) is 4. The Balaban J connectivity index is 1.70. The quantitative estimate of drug-likeness (QED) is 0.293. The molecule has 0 saturated heterocycles. The minimum absolute atomic E-state index is 0.0803. The molecular weight excluding hydrogens is 396 g/mol. The Labute approximate surface area is 173 Å². The van der Waals surface area contributed by atoms with Crippen molar-refractivity contribution in [3.05, 3.63) is 58.6 Å². The van der Waals surface area contributed by atoms with Crippen LogP contribution in [0, 0.1) is 13.8 Å². The van der Waals surface area contributed by atoms with Crippen LogP contribution in [0.5, 0.6) is 0 Å². The van der Waals surface area contributed by atoms with Crippen molar-refractivity contribution in [2.24, 2.45) is 0 Å². The Morgan fingerprint density at radius 3 is 2.86 bits per heavy atom. The molecular formula is C20H23ClN4O2S. The molecule has 0 aliphatic heterocycles. The summed E-state index contributed by atoms with van der Waals surface area (Å²) in [6.45, 7) is 5.57. The normalized spacial score (nSPS) is 11.1. The van der Waals surface area contributed by atoms with Crippen molar-refractivity contribution in [3.63, 3.8) is 0 Å². The number of hydrogen-bond acceptors (Lipinski definition) is 5. The molecule has 1 aromatic carbocycles. The fourth-order valence-electron chi connectivity index (χ4n) is 3.13. The molecule has 0 unspecified atom stereocenters. The predicted octanol–water partition coefficient (Wildman–Crippen LogP) is 4.35. The van der Waals surface area contributed by atoms with Crippen molar-refractivity contribution in [1.29, 1.82) is 0 Å². The largest absolute Gasteiger partial charge is 0.385 e. The zero-order valence-electron chi connectivity index (χ0n) is 16.2. The molecule has 0 fully saturated rings. The van der Waals surface area contributed by atoms with Gasteiger partial charge in [-0.2, -0.15) is 0 Å². The zero-order chi connectivity index (χ0) is 20.1. The molecule has 0 saturated carbocycles. The van der Waals surface area contributed by atoms with Crippen molar-refractivity contribution in [2.75, 3.05) is 19.5 Å². The summed E-state index contributed by atoms with van der Waals surface area (Å²) in [6.07, 6.45) is 2.54. The van der Waals surface area contributed by atoms with E-state index in [2.05, 4.69) is 14.8 Å². The molecule has 2 heterocycles. The van der Waals surface area contributed by atoms with E-state index in [-0.39, 0.29) is 5.78 Å². The number of aromatic nitrogens is 4. The van der Waals surface area contributed by atoms with Crippen LogP contribution in [0.3, 0.4) is 0 Å². The molecule has 148 valence electrons. The Morgan fingerprint density at radius 2 is 2.11 bits per heavy atom. The van der Waals surface area contributed by atoms with E-state index in [4.69, 9.17) is 16.3 Å². The molecule has 2 aromatic heterocycles. The number of ketones is 1. The van der Waals surface area contributed by atoms with Gasteiger partial charge in [0.15, 0.2) is 10.9 Å². The number of carbonyl (C=O) groups is 1. The third-order valence-corrected chi connectivity index (χ3v) is 5.72. The molecule has 8 heteroatoms. The second-order valence-corrected chi connectivity index (χ2v) is 7.84. The number of methoxy groups -OCH3 is 1. The number of thioether (sulfide) groups is 1. The van der Waals surface area contributed by atoms with Gasteiger partial charge < -0.3 is 9.30 Å². The number of Topliss-reactive ketones (excluding diaryl/α,β-unsaturated/α-hetero) is 1. The lowest BCUT2D eigenvalue weighted by Gasteiger charge is -2.09. The lowest BCUT2D eigenvalue weighted by atomic mass is 10.2. The second-order valence-electron chi connectivity index (χ2n) is 6.46. The Hall–Kier alpha value is -2.09. The molecule has 3 aromatic rings. The highest BCUT2D eigenvalue weighted by Crippen LogP contribution is 2.24. The first-order chi connectivity index (χ1) is 13.5. The van der Waals surface area contributed by atoms with Crippen LogP contribution in [0.25, 0.3) is 5.69 Å². The summed E-state index contributed by atoms with van der Waals surface area (Å²) in [4.78, 5) is 12.8. The van der Waals surface area contributed by atoms with E-state index in [0.29, 0.717) is 22.5 Å². The molecule has 0 aliphatic rings. The number of halogens is 1. The van der Waals surface area contributed by atoms with Gasteiger partial charge in [0.25, 0.3) is 0 Å². The molecule has 3 rings (SSSR count). The predicted molar refractivity (Wildman–Crippen MR) is 112 cm³/mol. The second kappa shape index (κ2) is 9.41. The van der Waals surface area contributed by atoms with Crippen molar-refractivity contribution < 1.29 is 9.53 Å². The van der Waals surface area contributed by atoms with Crippen LogP contribution in [-0.4, -0.2) is 44.6 Å². The molecule has 0 spiro atoms. The van der Waals surface area contributed by atoms with E-state index in [1.54, 1.807) is 13.4 Å². The van der Waals surface area contributed by atoms with E-state index in [9.17, 15) is 4.79 Å². The summed E-state index contributed by atoms with van der Waals surface area (Å²) in [6, 6.07) is 9.41. The highest BCUT2D eigenvalue weighted by atomic mass is 35.5. The van der Waals surface area contributed by atoms with E-state index >= 15 is 0 Å². The summed E-state index contributed by atoms with van der Waals surface area (Å²) in [7, 11) is 1.70. The molecule has 0 radical (unpaired) electrons. The number of aryl methyl sites for hydroxylation is 1. The standard InChI is InChI=1S/C20H23ClN4O2S/c1-14-10-18(15(2)24(14)8-5-9-27-3)19(26)12-28-20-23-22-13-25(20)17-7-4-6-16(21)11-17/h4,6-7,10-11,13H,5,8-9,12H2,1-3H3. The Bertz CT molecular complexity index is 967. The maximum absolute atomic E-state index is 12.8. The molecule has 0 bridgehead atoms. The lowest BCUT2D eigenvalue weighted by molar-refractivity contribution is 0.102. The molecule has 0 aliphatic carbocycles. The van der Waals surface area contributed by atoms with Gasteiger partial charge in [-0.3, -0.25) is 9.36 Å². The maximum Gasteiger partial charge on any atom is 0.196 e. The number of hydrogen-bond donors (Lipinski definition) is 0. The van der Waals surface area contributed by atoms with Gasteiger partial charge in [-0.15, -0.1) is 10.2 Å². The van der Waals surface area contributed by atoms with Gasteiger partial charge in [0, 0.05) is 42.2 Å². The van der Waals surface area contributed by atoms with Gasteiger partial charge in [0.1, 0.15) is 6.33 Å². The summed E-state index contributed by atoms with van der Waals surface area (Å²) < 4.78 is 9.13. The van der Waals surface area contributed by atoms with Crippen LogP contribution in [-0.2, 0) is 11.3 Å². The van der Waals surface area contributed by atoms with E-state index in [1.807, 2.05) is 48.7 Å². The summed E-state index contributed by atoms with van der Waals surface area (Å²) in [5.41, 5.74) is 3.71. The van der Waals surface area contributed by atoms with Crippen molar-refractivity contribution >= 4 is 29.1 Å². The molecule has 6 nitrogen and oxygen atoms in total. The average Bonchev–Trinajstić information content (AvgIpc) is 3.26.